The van der Waals surface area contributed by atoms with Crippen LogP contribution in [-0.2, 0) is 11.2 Å². The van der Waals surface area contributed by atoms with Crippen molar-refractivity contribution in [2.24, 2.45) is 0 Å². The number of hydrogen-bond acceptors (Lipinski definition) is 1. The predicted molar refractivity (Wildman–Crippen MR) is 58.2 cm³/mol. The zero-order valence-corrected chi connectivity index (χ0v) is 9.79. The topological polar surface area (TPSA) is 37.3 Å². The van der Waals surface area contributed by atoms with Gasteiger partial charge < -0.3 is 5.11 Å². The number of benzene rings is 1. The van der Waals surface area contributed by atoms with Crippen LogP contribution >= 0.6 is 38.5 Å². The summed E-state index contributed by atoms with van der Waals surface area (Å²) >= 11 is 5.45. The lowest BCUT2D eigenvalue weighted by atomic mass is 10.2. The van der Waals surface area contributed by atoms with Gasteiger partial charge in [-0.3, -0.25) is 4.79 Å². The van der Waals surface area contributed by atoms with Crippen molar-refractivity contribution in [2.75, 3.05) is 0 Å². The van der Waals surface area contributed by atoms with Crippen LogP contribution in [0.15, 0.2) is 22.7 Å². The van der Waals surface area contributed by atoms with Gasteiger partial charge in [0.1, 0.15) is 0 Å². The average Bonchev–Trinajstić information content (AvgIpc) is 1.96. The summed E-state index contributed by atoms with van der Waals surface area (Å²) in [6.07, 6.45) is 0.0669. The first-order valence-electron chi connectivity index (χ1n) is 3.25. The van der Waals surface area contributed by atoms with Gasteiger partial charge in [0.05, 0.1) is 6.42 Å². The van der Waals surface area contributed by atoms with Crippen molar-refractivity contribution < 1.29 is 9.90 Å². The van der Waals surface area contributed by atoms with Crippen molar-refractivity contribution in [2.45, 2.75) is 6.42 Å². The molecular weight excluding hydrogens is 335 g/mol. The molecule has 0 spiro atoms. The number of carbonyl (C=O) groups is 1. The Hall–Kier alpha value is -0.100. The Balaban J connectivity index is 2.97. The molecule has 12 heavy (non-hydrogen) atoms. The highest BCUT2D eigenvalue weighted by molar-refractivity contribution is 14.1. The molecule has 4 heteroatoms. The number of halogens is 2. The smallest absolute Gasteiger partial charge is 0.307 e. The number of carboxylic acids is 1. The largest absolute Gasteiger partial charge is 0.481 e. The Morgan fingerprint density at radius 2 is 2.25 bits per heavy atom. The summed E-state index contributed by atoms with van der Waals surface area (Å²) in [5.41, 5.74) is 0.814. The molecule has 0 unspecified atom stereocenters. The molecule has 2 nitrogen and oxygen atoms in total. The van der Waals surface area contributed by atoms with Gasteiger partial charge in [-0.05, 0) is 46.4 Å². The molecule has 1 rings (SSSR count). The van der Waals surface area contributed by atoms with Gasteiger partial charge >= 0.3 is 5.97 Å². The van der Waals surface area contributed by atoms with Gasteiger partial charge in [-0.25, -0.2) is 0 Å². The minimum Gasteiger partial charge on any atom is -0.481 e. The maximum absolute atomic E-state index is 10.4. The Kier molecular flexibility index (Phi) is 3.52. The molecule has 0 amide bonds. The fraction of sp³-hybridized carbons (Fsp3) is 0.125. The van der Waals surface area contributed by atoms with Crippen LogP contribution < -0.4 is 0 Å². The van der Waals surface area contributed by atoms with E-state index in [-0.39, 0.29) is 6.42 Å². The summed E-state index contributed by atoms with van der Waals surface area (Å²) in [5, 5.41) is 8.56. The van der Waals surface area contributed by atoms with Crippen LogP contribution in [-0.4, -0.2) is 11.1 Å². The highest BCUT2D eigenvalue weighted by Gasteiger charge is 2.04. The lowest BCUT2D eigenvalue weighted by Crippen LogP contribution is -2.00. The molecule has 0 aliphatic heterocycles. The maximum atomic E-state index is 10.4. The first-order valence-corrected chi connectivity index (χ1v) is 5.12. The van der Waals surface area contributed by atoms with Gasteiger partial charge in [0.2, 0.25) is 0 Å². The van der Waals surface area contributed by atoms with E-state index < -0.39 is 5.97 Å². The van der Waals surface area contributed by atoms with E-state index in [9.17, 15) is 4.79 Å². The summed E-state index contributed by atoms with van der Waals surface area (Å²) in [4.78, 5) is 10.4. The van der Waals surface area contributed by atoms with Gasteiger partial charge in [-0.1, -0.05) is 15.9 Å². The minimum absolute atomic E-state index is 0.0669. The zero-order valence-electron chi connectivity index (χ0n) is 6.05. The lowest BCUT2D eigenvalue weighted by molar-refractivity contribution is -0.136. The van der Waals surface area contributed by atoms with Gasteiger partial charge in [0.25, 0.3) is 0 Å². The summed E-state index contributed by atoms with van der Waals surface area (Å²) in [5.74, 6) is -0.808. The Morgan fingerprint density at radius 3 is 2.83 bits per heavy atom. The molecule has 0 atom stereocenters. The quantitative estimate of drug-likeness (QED) is 0.840. The average molecular weight is 341 g/mol. The second kappa shape index (κ2) is 4.23. The lowest BCUT2D eigenvalue weighted by Gasteiger charge is -2.00. The molecule has 0 fully saturated rings. The Bertz CT molecular complexity index is 312. The van der Waals surface area contributed by atoms with Crippen molar-refractivity contribution in [3.05, 3.63) is 31.8 Å². The number of carboxylic acid groups (broad SMARTS) is 1. The first kappa shape index (κ1) is 9.98. The third-order valence-corrected chi connectivity index (χ3v) is 2.79. The van der Waals surface area contributed by atoms with Gasteiger partial charge in [-0.2, -0.15) is 0 Å². The zero-order chi connectivity index (χ0) is 9.14. The standard InChI is InChI=1S/C8H6BrIO2/c9-7-2-1-6(10)3-5(7)4-8(11)12/h1-3H,4H2,(H,11,12). The van der Waals surface area contributed by atoms with Gasteiger partial charge in [0.15, 0.2) is 0 Å². The number of hydrogen-bond donors (Lipinski definition) is 1. The molecule has 0 heterocycles. The second-order valence-electron chi connectivity index (χ2n) is 2.31. The van der Waals surface area contributed by atoms with Crippen molar-refractivity contribution in [3.8, 4) is 0 Å². The van der Waals surface area contributed by atoms with E-state index in [1.54, 1.807) is 0 Å². The monoisotopic (exact) mass is 340 g/mol. The van der Waals surface area contributed by atoms with Crippen molar-refractivity contribution in [1.29, 1.82) is 0 Å². The van der Waals surface area contributed by atoms with E-state index in [2.05, 4.69) is 38.5 Å². The molecule has 1 aromatic rings. The van der Waals surface area contributed by atoms with E-state index in [0.717, 1.165) is 13.6 Å². The van der Waals surface area contributed by atoms with Crippen LogP contribution in [0.3, 0.4) is 0 Å². The van der Waals surface area contributed by atoms with E-state index >= 15 is 0 Å². The Labute approximate surface area is 92.2 Å². The third kappa shape index (κ3) is 2.75. The van der Waals surface area contributed by atoms with E-state index in [1.807, 2.05) is 18.2 Å². The maximum Gasteiger partial charge on any atom is 0.307 e. The normalized spacial score (nSPS) is 9.83. The van der Waals surface area contributed by atoms with Crippen LogP contribution in [0.1, 0.15) is 5.56 Å². The highest BCUT2D eigenvalue weighted by Crippen LogP contribution is 2.19. The molecule has 0 radical (unpaired) electrons. The summed E-state index contributed by atoms with van der Waals surface area (Å²) < 4.78 is 1.90. The van der Waals surface area contributed by atoms with Crippen LogP contribution in [0.4, 0.5) is 0 Å². The molecule has 0 aliphatic rings. The fourth-order valence-corrected chi connectivity index (χ4v) is 1.78. The molecule has 0 saturated heterocycles. The molecule has 0 bridgehead atoms. The van der Waals surface area contributed by atoms with E-state index in [4.69, 9.17) is 5.11 Å². The summed E-state index contributed by atoms with van der Waals surface area (Å²) in [7, 11) is 0. The molecule has 64 valence electrons. The Morgan fingerprint density at radius 1 is 1.58 bits per heavy atom. The van der Waals surface area contributed by atoms with E-state index in [1.165, 1.54) is 0 Å². The van der Waals surface area contributed by atoms with Crippen molar-refractivity contribution in [3.63, 3.8) is 0 Å². The van der Waals surface area contributed by atoms with E-state index in [0.29, 0.717) is 0 Å². The molecule has 0 aliphatic carbocycles. The third-order valence-electron chi connectivity index (χ3n) is 1.35. The molecule has 0 aromatic heterocycles. The highest BCUT2D eigenvalue weighted by atomic mass is 127. The minimum atomic E-state index is -0.808. The van der Waals surface area contributed by atoms with Gasteiger partial charge in [0, 0.05) is 8.04 Å². The molecule has 1 N–H and O–H groups in total. The van der Waals surface area contributed by atoms with Crippen LogP contribution in [0.2, 0.25) is 0 Å². The number of rotatable bonds is 2. The van der Waals surface area contributed by atoms with Crippen LogP contribution in [0, 0.1) is 3.57 Å². The summed E-state index contributed by atoms with van der Waals surface area (Å²) in [6, 6.07) is 5.65. The number of aliphatic carboxylic acids is 1. The fourth-order valence-electron chi connectivity index (χ4n) is 0.842. The first-order chi connectivity index (χ1) is 5.59. The van der Waals surface area contributed by atoms with Crippen LogP contribution in [0.5, 0.6) is 0 Å². The summed E-state index contributed by atoms with van der Waals surface area (Å²) in [6.45, 7) is 0. The molecular formula is C8H6BrIO2. The second-order valence-corrected chi connectivity index (χ2v) is 4.41. The van der Waals surface area contributed by atoms with Crippen molar-refractivity contribution >= 4 is 44.5 Å². The van der Waals surface area contributed by atoms with Gasteiger partial charge in [-0.15, -0.1) is 0 Å². The molecule has 1 aromatic carbocycles. The van der Waals surface area contributed by atoms with Crippen LogP contribution in [0.25, 0.3) is 0 Å². The predicted octanol–water partition coefficient (Wildman–Crippen LogP) is 2.68. The van der Waals surface area contributed by atoms with Crippen molar-refractivity contribution in [1.82, 2.24) is 0 Å². The SMILES string of the molecule is O=C(O)Cc1cc(I)ccc1Br. The molecule has 0 saturated carbocycles.